The molecule has 0 aliphatic carbocycles. The predicted molar refractivity (Wildman–Crippen MR) is 120 cm³/mol. The molecule has 0 bridgehead atoms. The molecule has 2 aromatic carbocycles. The van der Waals surface area contributed by atoms with Gasteiger partial charge in [-0.25, -0.2) is 0 Å². The van der Waals surface area contributed by atoms with Crippen molar-refractivity contribution in [1.82, 2.24) is 0 Å². The van der Waals surface area contributed by atoms with Gasteiger partial charge in [0.15, 0.2) is 0 Å². The smallest absolute Gasteiger partial charge is 0.237 e. The molecule has 1 N–H and O–H groups in total. The summed E-state index contributed by atoms with van der Waals surface area (Å²) in [6, 6.07) is 19.0. The van der Waals surface area contributed by atoms with Crippen LogP contribution in [0.25, 0.3) is 0 Å². The number of carbonyl (C=O) groups excluding carboxylic acids is 2. The molecule has 1 heterocycles. The van der Waals surface area contributed by atoms with Gasteiger partial charge in [-0.3, -0.25) is 9.59 Å². The molecule has 0 atom stereocenters. The molecule has 0 saturated heterocycles. The van der Waals surface area contributed by atoms with Crippen LogP contribution in [0.15, 0.2) is 70.9 Å². The Hall–Kier alpha value is -2.77. The van der Waals surface area contributed by atoms with E-state index in [1.807, 2.05) is 66.0 Å². The SMILES string of the molecule is COc1ccc(N(Cc2cccs2)C(=O)CSc2ccc(NC(C)=O)cc2)cc1. The van der Waals surface area contributed by atoms with E-state index in [4.69, 9.17) is 4.74 Å². The Morgan fingerprint density at radius 2 is 1.79 bits per heavy atom. The molecule has 29 heavy (non-hydrogen) atoms. The molecule has 3 rings (SSSR count). The zero-order valence-electron chi connectivity index (χ0n) is 16.3. The first kappa shape index (κ1) is 21.0. The predicted octanol–water partition coefficient (Wildman–Crippen LogP) is 5.04. The summed E-state index contributed by atoms with van der Waals surface area (Å²) in [5.74, 6) is 0.992. The number of thiophene rings is 1. The van der Waals surface area contributed by atoms with Crippen molar-refractivity contribution in [2.45, 2.75) is 18.4 Å². The van der Waals surface area contributed by atoms with E-state index in [0.29, 0.717) is 12.3 Å². The zero-order chi connectivity index (χ0) is 20.6. The van der Waals surface area contributed by atoms with Gasteiger partial charge in [0, 0.05) is 28.1 Å². The number of ether oxygens (including phenoxy) is 1. The third-order valence-corrected chi connectivity index (χ3v) is 5.97. The van der Waals surface area contributed by atoms with Crippen LogP contribution in [-0.2, 0) is 16.1 Å². The Morgan fingerprint density at radius 3 is 2.38 bits per heavy atom. The van der Waals surface area contributed by atoms with Crippen molar-refractivity contribution in [3.63, 3.8) is 0 Å². The van der Waals surface area contributed by atoms with Crippen molar-refractivity contribution >= 4 is 46.3 Å². The summed E-state index contributed by atoms with van der Waals surface area (Å²) in [5.41, 5.74) is 1.58. The van der Waals surface area contributed by atoms with Crippen LogP contribution in [0.3, 0.4) is 0 Å². The van der Waals surface area contributed by atoms with Gasteiger partial charge in [0.1, 0.15) is 5.75 Å². The number of thioether (sulfide) groups is 1. The van der Waals surface area contributed by atoms with Crippen molar-refractivity contribution in [2.24, 2.45) is 0 Å². The fourth-order valence-corrected chi connectivity index (χ4v) is 4.17. The minimum atomic E-state index is -0.107. The molecule has 7 heteroatoms. The van der Waals surface area contributed by atoms with Crippen LogP contribution in [0.5, 0.6) is 5.75 Å². The topological polar surface area (TPSA) is 58.6 Å². The van der Waals surface area contributed by atoms with Gasteiger partial charge >= 0.3 is 0 Å². The minimum absolute atomic E-state index is 0.0273. The van der Waals surface area contributed by atoms with E-state index in [1.165, 1.54) is 18.7 Å². The molecule has 0 aliphatic rings. The first-order chi connectivity index (χ1) is 14.0. The second-order valence-corrected chi connectivity index (χ2v) is 8.33. The average Bonchev–Trinajstić information content (AvgIpc) is 3.24. The summed E-state index contributed by atoms with van der Waals surface area (Å²) in [5, 5.41) is 4.75. The molecule has 5 nitrogen and oxygen atoms in total. The van der Waals surface area contributed by atoms with Crippen LogP contribution in [0, 0.1) is 0 Å². The summed E-state index contributed by atoms with van der Waals surface area (Å²) < 4.78 is 5.22. The Kier molecular flexibility index (Phi) is 7.32. The lowest BCUT2D eigenvalue weighted by Gasteiger charge is -2.22. The average molecular weight is 427 g/mol. The number of anilines is 2. The summed E-state index contributed by atoms with van der Waals surface area (Å²) in [6.07, 6.45) is 0. The van der Waals surface area contributed by atoms with Crippen LogP contribution in [0.2, 0.25) is 0 Å². The lowest BCUT2D eigenvalue weighted by Crippen LogP contribution is -2.31. The lowest BCUT2D eigenvalue weighted by atomic mass is 10.2. The monoisotopic (exact) mass is 426 g/mol. The molecular formula is C22H22N2O3S2. The van der Waals surface area contributed by atoms with Crippen LogP contribution >= 0.6 is 23.1 Å². The summed E-state index contributed by atoms with van der Waals surface area (Å²) in [6.45, 7) is 2.01. The Balaban J connectivity index is 1.69. The maximum absolute atomic E-state index is 13.0. The highest BCUT2D eigenvalue weighted by atomic mass is 32.2. The van der Waals surface area contributed by atoms with Gasteiger partial charge in [-0.1, -0.05) is 6.07 Å². The number of methoxy groups -OCH3 is 1. The van der Waals surface area contributed by atoms with Crippen molar-refractivity contribution in [3.05, 3.63) is 70.9 Å². The summed E-state index contributed by atoms with van der Waals surface area (Å²) in [4.78, 5) is 28.0. The zero-order valence-corrected chi connectivity index (χ0v) is 17.9. The summed E-state index contributed by atoms with van der Waals surface area (Å²) >= 11 is 3.11. The number of nitrogens with one attached hydrogen (secondary N) is 1. The quantitative estimate of drug-likeness (QED) is 0.513. The fraction of sp³-hybridized carbons (Fsp3) is 0.182. The van der Waals surface area contributed by atoms with Gasteiger partial charge in [0.25, 0.3) is 0 Å². The van der Waals surface area contributed by atoms with E-state index in [9.17, 15) is 9.59 Å². The third kappa shape index (κ3) is 6.10. The molecule has 0 fully saturated rings. The van der Waals surface area contributed by atoms with Gasteiger partial charge < -0.3 is 15.0 Å². The van der Waals surface area contributed by atoms with Gasteiger partial charge in [-0.05, 0) is 60.0 Å². The molecule has 1 aromatic heterocycles. The highest BCUT2D eigenvalue weighted by Crippen LogP contribution is 2.26. The highest BCUT2D eigenvalue weighted by Gasteiger charge is 2.17. The number of hydrogen-bond acceptors (Lipinski definition) is 5. The second kappa shape index (κ2) is 10.1. The largest absolute Gasteiger partial charge is 0.497 e. The molecule has 3 aromatic rings. The van der Waals surface area contributed by atoms with E-state index in [0.717, 1.165) is 26.9 Å². The van der Waals surface area contributed by atoms with Crippen LogP contribution in [-0.4, -0.2) is 24.7 Å². The fourth-order valence-electron chi connectivity index (χ4n) is 2.70. The van der Waals surface area contributed by atoms with E-state index in [2.05, 4.69) is 5.32 Å². The Bertz CT molecular complexity index is 939. The normalized spacial score (nSPS) is 10.4. The number of amides is 2. The van der Waals surface area contributed by atoms with Crippen LogP contribution in [0.4, 0.5) is 11.4 Å². The number of carbonyl (C=O) groups is 2. The molecular weight excluding hydrogens is 404 g/mol. The van der Waals surface area contributed by atoms with Gasteiger partial charge in [-0.15, -0.1) is 23.1 Å². The molecule has 150 valence electrons. The Morgan fingerprint density at radius 1 is 1.07 bits per heavy atom. The van der Waals surface area contributed by atoms with Crippen LogP contribution < -0.4 is 15.0 Å². The summed E-state index contributed by atoms with van der Waals surface area (Å²) in [7, 11) is 1.62. The first-order valence-electron chi connectivity index (χ1n) is 9.02. The molecule has 0 unspecified atom stereocenters. The van der Waals surface area contributed by atoms with E-state index in [1.54, 1.807) is 23.3 Å². The number of hydrogen-bond donors (Lipinski definition) is 1. The second-order valence-electron chi connectivity index (χ2n) is 6.25. The maximum Gasteiger partial charge on any atom is 0.237 e. The van der Waals surface area contributed by atoms with E-state index >= 15 is 0 Å². The van der Waals surface area contributed by atoms with Gasteiger partial charge in [0.05, 0.1) is 19.4 Å². The molecule has 2 amide bonds. The minimum Gasteiger partial charge on any atom is -0.497 e. The standard InChI is InChI=1S/C22H22N2O3S2/c1-16(25)23-17-5-11-20(12-6-17)29-15-22(26)24(14-21-4-3-13-28-21)18-7-9-19(27-2)10-8-18/h3-13H,14-15H2,1-2H3,(H,23,25). The molecule has 0 radical (unpaired) electrons. The molecule has 0 saturated carbocycles. The van der Waals surface area contributed by atoms with Gasteiger partial charge in [-0.2, -0.15) is 0 Å². The van der Waals surface area contributed by atoms with Crippen molar-refractivity contribution < 1.29 is 14.3 Å². The van der Waals surface area contributed by atoms with Gasteiger partial charge in [0.2, 0.25) is 11.8 Å². The van der Waals surface area contributed by atoms with Crippen molar-refractivity contribution in [2.75, 3.05) is 23.1 Å². The van der Waals surface area contributed by atoms with E-state index < -0.39 is 0 Å². The van der Waals surface area contributed by atoms with E-state index in [-0.39, 0.29) is 11.8 Å². The molecule has 0 spiro atoms. The highest BCUT2D eigenvalue weighted by molar-refractivity contribution is 8.00. The molecule has 0 aliphatic heterocycles. The lowest BCUT2D eigenvalue weighted by molar-refractivity contribution is -0.116. The Labute approximate surface area is 178 Å². The number of benzene rings is 2. The van der Waals surface area contributed by atoms with Crippen molar-refractivity contribution in [1.29, 1.82) is 0 Å². The maximum atomic E-state index is 13.0. The third-order valence-electron chi connectivity index (χ3n) is 4.12. The first-order valence-corrected chi connectivity index (χ1v) is 10.9. The van der Waals surface area contributed by atoms with Crippen molar-refractivity contribution in [3.8, 4) is 5.75 Å². The number of rotatable bonds is 8. The number of nitrogens with zero attached hydrogens (tertiary/aromatic N) is 1. The van der Waals surface area contributed by atoms with Crippen LogP contribution in [0.1, 0.15) is 11.8 Å².